The van der Waals surface area contributed by atoms with Gasteiger partial charge in [0.2, 0.25) is 0 Å². The van der Waals surface area contributed by atoms with Crippen molar-refractivity contribution in [2.75, 3.05) is 6.61 Å². The van der Waals surface area contributed by atoms with Gasteiger partial charge in [0.1, 0.15) is 6.61 Å². The van der Waals surface area contributed by atoms with E-state index in [0.29, 0.717) is 11.1 Å². The maximum Gasteiger partial charge on any atom is 0.198 e. The van der Waals surface area contributed by atoms with Crippen molar-refractivity contribution in [1.82, 2.24) is 0 Å². The molecule has 0 aliphatic heterocycles. The van der Waals surface area contributed by atoms with E-state index in [4.69, 9.17) is 0 Å². The summed E-state index contributed by atoms with van der Waals surface area (Å²) in [7, 11) is 0. The van der Waals surface area contributed by atoms with Crippen LogP contribution in [0.15, 0.2) is 48.5 Å². The Morgan fingerprint density at radius 1 is 0.692 bits per heavy atom. The number of aliphatic hydroxyl groups excluding tert-OH is 1. The summed E-state index contributed by atoms with van der Waals surface area (Å²) in [4.78, 5) is 12.5. The average molecular weight is 354 g/mol. The molecule has 3 heteroatoms. The van der Waals surface area contributed by atoms with Crippen molar-refractivity contribution in [2.45, 2.75) is 58.0 Å². The molecule has 0 aliphatic carbocycles. The lowest BCUT2D eigenvalue weighted by Crippen LogP contribution is -2.39. The Bertz CT molecular complexity index is 700. The van der Waals surface area contributed by atoms with Crippen molar-refractivity contribution in [2.24, 2.45) is 0 Å². The lowest BCUT2D eigenvalue weighted by Gasteiger charge is -2.29. The highest BCUT2D eigenvalue weighted by atomic mass is 16.3. The number of Topliss-reactive ketones (excluding diaryl/α,β-unsaturated/α-hetero) is 1. The molecule has 0 amide bonds. The smallest absolute Gasteiger partial charge is 0.198 e. The quantitative estimate of drug-likeness (QED) is 0.870. The molecule has 3 nitrogen and oxygen atoms in total. The largest absolute Gasteiger partial charge is 0.388 e. The van der Waals surface area contributed by atoms with E-state index in [1.54, 1.807) is 24.3 Å². The number of carbonyl (C=O) groups is 1. The molecule has 26 heavy (non-hydrogen) atoms. The molecule has 0 fully saturated rings. The van der Waals surface area contributed by atoms with Crippen LogP contribution in [-0.4, -0.2) is 22.6 Å². The van der Waals surface area contributed by atoms with Crippen LogP contribution >= 0.6 is 0 Å². The Labute approximate surface area is 156 Å². The first-order valence-electron chi connectivity index (χ1n) is 8.99. The molecule has 2 rings (SSSR count). The van der Waals surface area contributed by atoms with Gasteiger partial charge >= 0.3 is 0 Å². The number of carbonyl (C=O) groups excluding carboxylic acids is 1. The summed E-state index contributed by atoms with van der Waals surface area (Å²) < 4.78 is 0. The molecule has 140 valence electrons. The summed E-state index contributed by atoms with van der Waals surface area (Å²) in [6.07, 6.45) is 0. The highest BCUT2D eigenvalue weighted by Gasteiger charge is 2.39. The van der Waals surface area contributed by atoms with Crippen molar-refractivity contribution in [1.29, 1.82) is 0 Å². The van der Waals surface area contributed by atoms with Gasteiger partial charge in [-0.05, 0) is 33.1 Å². The van der Waals surface area contributed by atoms with Gasteiger partial charge in [-0.25, -0.2) is 0 Å². The Kier molecular flexibility index (Phi) is 5.46. The zero-order valence-corrected chi connectivity index (χ0v) is 16.6. The first-order valence-corrected chi connectivity index (χ1v) is 8.99. The number of rotatable bonds is 4. The minimum Gasteiger partial charge on any atom is -0.388 e. The predicted octanol–water partition coefficient (Wildman–Crippen LogP) is 4.08. The second kappa shape index (κ2) is 6.98. The van der Waals surface area contributed by atoms with Crippen LogP contribution in [0.1, 0.15) is 63.8 Å². The number of hydrogen-bond donors (Lipinski definition) is 2. The van der Waals surface area contributed by atoms with Gasteiger partial charge in [0.15, 0.2) is 11.4 Å². The third kappa shape index (κ3) is 3.89. The zero-order chi connectivity index (χ0) is 19.8. The second-order valence-electron chi connectivity index (χ2n) is 8.95. The summed E-state index contributed by atoms with van der Waals surface area (Å²) in [5.41, 5.74) is 1.26. The Hall–Kier alpha value is -1.97. The second-order valence-corrected chi connectivity index (χ2v) is 8.95. The van der Waals surface area contributed by atoms with Crippen molar-refractivity contribution in [3.8, 4) is 0 Å². The number of benzene rings is 2. The van der Waals surface area contributed by atoms with Gasteiger partial charge < -0.3 is 10.2 Å². The minimum absolute atomic E-state index is 0.0218. The van der Waals surface area contributed by atoms with E-state index >= 15 is 0 Å². The minimum atomic E-state index is -1.86. The molecule has 0 atom stereocenters. The standard InChI is InChI=1S/C23H30O3/c1-21(2,3)16-7-11-18(12-8-16)23(26,20(25)15-24)19-13-9-17(10-14-19)22(4,5)6/h7-14,24,26H,15H2,1-6H3. The third-order valence-corrected chi connectivity index (χ3v) is 4.88. The normalized spacial score (nSPS) is 12.9. The molecule has 0 saturated carbocycles. The Morgan fingerprint density at radius 2 is 0.962 bits per heavy atom. The SMILES string of the molecule is CC(C)(C)c1ccc(C(O)(C(=O)CO)c2ccc(C(C)(C)C)cc2)cc1. The van der Waals surface area contributed by atoms with E-state index in [1.807, 2.05) is 24.3 Å². The van der Waals surface area contributed by atoms with Crippen LogP contribution < -0.4 is 0 Å². The monoisotopic (exact) mass is 354 g/mol. The topological polar surface area (TPSA) is 57.5 Å². The molecule has 0 bridgehead atoms. The van der Waals surface area contributed by atoms with Crippen LogP contribution in [0.25, 0.3) is 0 Å². The fraction of sp³-hybridized carbons (Fsp3) is 0.435. The summed E-state index contributed by atoms with van der Waals surface area (Å²) >= 11 is 0. The molecule has 0 unspecified atom stereocenters. The molecule has 0 radical (unpaired) electrons. The van der Waals surface area contributed by atoms with Crippen LogP contribution in [-0.2, 0) is 21.2 Å². The average Bonchev–Trinajstić information content (AvgIpc) is 2.59. The van der Waals surface area contributed by atoms with E-state index in [0.717, 1.165) is 11.1 Å². The fourth-order valence-corrected chi connectivity index (χ4v) is 3.03. The van der Waals surface area contributed by atoms with Crippen molar-refractivity contribution in [3.63, 3.8) is 0 Å². The van der Waals surface area contributed by atoms with Gasteiger partial charge in [0.25, 0.3) is 0 Å². The van der Waals surface area contributed by atoms with Crippen molar-refractivity contribution < 1.29 is 15.0 Å². The van der Waals surface area contributed by atoms with Crippen LogP contribution in [0.2, 0.25) is 0 Å². The first kappa shape index (κ1) is 20.3. The molecule has 2 aromatic rings. The van der Waals surface area contributed by atoms with E-state index in [9.17, 15) is 15.0 Å². The third-order valence-electron chi connectivity index (χ3n) is 4.88. The van der Waals surface area contributed by atoms with Gasteiger partial charge in [0.05, 0.1) is 0 Å². The summed E-state index contributed by atoms with van der Waals surface area (Å²) in [5.74, 6) is -0.635. The van der Waals surface area contributed by atoms with Crippen molar-refractivity contribution in [3.05, 3.63) is 70.8 Å². The molecule has 2 N–H and O–H groups in total. The molecule has 0 aliphatic rings. The van der Waals surface area contributed by atoms with Gasteiger partial charge in [-0.15, -0.1) is 0 Å². The molecule has 0 spiro atoms. The van der Waals surface area contributed by atoms with Crippen LogP contribution in [0.4, 0.5) is 0 Å². The lowest BCUT2D eigenvalue weighted by molar-refractivity contribution is -0.137. The first-order chi connectivity index (χ1) is 11.9. The predicted molar refractivity (Wildman–Crippen MR) is 105 cm³/mol. The summed E-state index contributed by atoms with van der Waals surface area (Å²) in [5, 5.41) is 20.8. The summed E-state index contributed by atoms with van der Waals surface area (Å²) in [6, 6.07) is 14.8. The Morgan fingerprint density at radius 3 is 1.19 bits per heavy atom. The molecule has 0 heterocycles. The van der Waals surface area contributed by atoms with Gasteiger partial charge in [0, 0.05) is 0 Å². The maximum atomic E-state index is 12.5. The van der Waals surface area contributed by atoms with Crippen molar-refractivity contribution >= 4 is 5.78 Å². The molecular weight excluding hydrogens is 324 g/mol. The summed E-state index contributed by atoms with van der Waals surface area (Å²) in [6.45, 7) is 11.9. The van der Waals surface area contributed by atoms with Crippen LogP contribution in [0, 0.1) is 0 Å². The van der Waals surface area contributed by atoms with E-state index in [1.165, 1.54) is 0 Å². The van der Waals surface area contributed by atoms with Crippen LogP contribution in [0.5, 0.6) is 0 Å². The van der Waals surface area contributed by atoms with Gasteiger partial charge in [-0.2, -0.15) is 0 Å². The highest BCUT2D eigenvalue weighted by Crippen LogP contribution is 2.34. The molecular formula is C23H30O3. The fourth-order valence-electron chi connectivity index (χ4n) is 3.03. The zero-order valence-electron chi connectivity index (χ0n) is 16.6. The Balaban J connectivity index is 2.54. The molecule has 0 aromatic heterocycles. The molecule has 0 saturated heterocycles. The molecule has 2 aromatic carbocycles. The maximum absolute atomic E-state index is 12.5. The van der Waals surface area contributed by atoms with E-state index in [-0.39, 0.29) is 10.8 Å². The number of aliphatic hydroxyl groups is 2. The van der Waals surface area contributed by atoms with Crippen LogP contribution in [0.3, 0.4) is 0 Å². The van der Waals surface area contributed by atoms with E-state index < -0.39 is 18.0 Å². The number of ketones is 1. The van der Waals surface area contributed by atoms with E-state index in [2.05, 4.69) is 41.5 Å². The van der Waals surface area contributed by atoms with Gasteiger partial charge in [-0.1, -0.05) is 90.1 Å². The van der Waals surface area contributed by atoms with Gasteiger partial charge in [-0.3, -0.25) is 4.79 Å². The lowest BCUT2D eigenvalue weighted by atomic mass is 9.79. The highest BCUT2D eigenvalue weighted by molar-refractivity contribution is 5.92. The number of hydrogen-bond acceptors (Lipinski definition) is 3.